The van der Waals surface area contributed by atoms with Gasteiger partial charge in [-0.05, 0) is 67.4 Å². The SMILES string of the molecule is Oc1ccc2c(c1)OC[C@H](c1ccc(Cl)cc1)[C@@H]2c1ccc(OCCN2CCCC2)cc1. The van der Waals surface area contributed by atoms with E-state index in [-0.39, 0.29) is 17.6 Å². The van der Waals surface area contributed by atoms with Crippen LogP contribution >= 0.6 is 11.6 Å². The molecule has 5 rings (SSSR count). The Morgan fingerprint density at radius 1 is 0.938 bits per heavy atom. The summed E-state index contributed by atoms with van der Waals surface area (Å²) in [6.45, 7) is 4.61. The van der Waals surface area contributed by atoms with E-state index < -0.39 is 0 Å². The third-order valence-corrected chi connectivity index (χ3v) is 6.82. The minimum absolute atomic E-state index is 0.110. The van der Waals surface area contributed by atoms with Gasteiger partial charge in [0.2, 0.25) is 0 Å². The lowest BCUT2D eigenvalue weighted by atomic mass is 9.76. The van der Waals surface area contributed by atoms with Crippen LogP contribution in [0.1, 0.15) is 41.4 Å². The molecule has 0 aliphatic carbocycles. The van der Waals surface area contributed by atoms with Crippen molar-refractivity contribution in [2.75, 3.05) is 32.8 Å². The second-order valence-electron chi connectivity index (χ2n) is 8.64. The van der Waals surface area contributed by atoms with Crippen molar-refractivity contribution in [2.24, 2.45) is 0 Å². The molecule has 0 radical (unpaired) electrons. The maximum Gasteiger partial charge on any atom is 0.126 e. The normalized spacial score (nSPS) is 20.5. The van der Waals surface area contributed by atoms with Crippen LogP contribution < -0.4 is 9.47 Å². The van der Waals surface area contributed by atoms with Gasteiger partial charge in [-0.15, -0.1) is 0 Å². The standard InChI is InChI=1S/C27H28ClNO3/c28-21-7-3-19(4-8-21)25-18-32-26-17-22(30)9-12-24(26)27(25)20-5-10-23(11-6-20)31-16-15-29-13-1-2-14-29/h3-12,17,25,27,30H,1-2,13-16,18H2/t25-,27-/m1/s1. The maximum absolute atomic E-state index is 9.94. The first kappa shape index (κ1) is 21.2. The fourth-order valence-corrected chi connectivity index (χ4v) is 5.00. The molecule has 0 amide bonds. The fourth-order valence-electron chi connectivity index (χ4n) is 4.88. The number of rotatable bonds is 6. The monoisotopic (exact) mass is 449 g/mol. The number of likely N-dealkylation sites (tertiary alicyclic amines) is 1. The van der Waals surface area contributed by atoms with Gasteiger partial charge in [-0.25, -0.2) is 0 Å². The van der Waals surface area contributed by atoms with Gasteiger partial charge in [0, 0.05) is 35.0 Å². The highest BCUT2D eigenvalue weighted by Crippen LogP contribution is 2.47. The molecule has 5 heteroatoms. The highest BCUT2D eigenvalue weighted by molar-refractivity contribution is 6.30. The van der Waals surface area contributed by atoms with E-state index in [2.05, 4.69) is 41.3 Å². The van der Waals surface area contributed by atoms with Crippen LogP contribution in [-0.4, -0.2) is 42.9 Å². The zero-order chi connectivity index (χ0) is 21.9. The second kappa shape index (κ2) is 9.43. The number of hydrogen-bond donors (Lipinski definition) is 1. The second-order valence-corrected chi connectivity index (χ2v) is 9.07. The Labute approximate surface area is 194 Å². The smallest absolute Gasteiger partial charge is 0.126 e. The van der Waals surface area contributed by atoms with Gasteiger partial charge in [-0.3, -0.25) is 4.90 Å². The van der Waals surface area contributed by atoms with Crippen LogP contribution in [0.4, 0.5) is 0 Å². The summed E-state index contributed by atoms with van der Waals surface area (Å²) in [6.07, 6.45) is 2.60. The van der Waals surface area contributed by atoms with Crippen molar-refractivity contribution in [3.63, 3.8) is 0 Å². The van der Waals surface area contributed by atoms with Crippen molar-refractivity contribution >= 4 is 11.6 Å². The Morgan fingerprint density at radius 2 is 1.66 bits per heavy atom. The Bertz CT molecular complexity index is 1050. The third kappa shape index (κ3) is 4.57. The lowest BCUT2D eigenvalue weighted by molar-refractivity contribution is 0.237. The number of hydrogen-bond acceptors (Lipinski definition) is 4. The minimum Gasteiger partial charge on any atom is -0.508 e. The molecule has 1 N–H and O–H groups in total. The number of aromatic hydroxyl groups is 1. The predicted molar refractivity (Wildman–Crippen MR) is 127 cm³/mol. The molecular weight excluding hydrogens is 422 g/mol. The van der Waals surface area contributed by atoms with Crippen LogP contribution in [0.25, 0.3) is 0 Å². The molecule has 1 fully saturated rings. The Morgan fingerprint density at radius 3 is 2.41 bits per heavy atom. The molecule has 4 nitrogen and oxygen atoms in total. The van der Waals surface area contributed by atoms with Gasteiger partial charge >= 0.3 is 0 Å². The molecule has 2 aliphatic rings. The molecule has 0 spiro atoms. The Kier molecular flexibility index (Phi) is 6.24. The van der Waals surface area contributed by atoms with Crippen LogP contribution in [0.3, 0.4) is 0 Å². The average molecular weight is 450 g/mol. The summed E-state index contributed by atoms with van der Waals surface area (Å²) in [7, 11) is 0. The molecule has 2 aliphatic heterocycles. The van der Waals surface area contributed by atoms with E-state index in [9.17, 15) is 5.11 Å². The van der Waals surface area contributed by atoms with Crippen molar-refractivity contribution < 1.29 is 14.6 Å². The topological polar surface area (TPSA) is 41.9 Å². The molecular formula is C27H28ClNO3. The number of phenols is 1. The van der Waals surface area contributed by atoms with Crippen molar-refractivity contribution in [1.82, 2.24) is 4.90 Å². The predicted octanol–water partition coefficient (Wildman–Crippen LogP) is 5.83. The largest absolute Gasteiger partial charge is 0.508 e. The summed E-state index contributed by atoms with van der Waals surface area (Å²) in [6, 6.07) is 21.8. The van der Waals surface area contributed by atoms with E-state index in [1.807, 2.05) is 18.2 Å². The summed E-state index contributed by atoms with van der Waals surface area (Å²) in [5, 5.41) is 10.7. The molecule has 3 aromatic carbocycles. The molecule has 1 saturated heterocycles. The minimum atomic E-state index is 0.110. The van der Waals surface area contributed by atoms with Crippen LogP contribution in [0.15, 0.2) is 66.7 Å². The quantitative estimate of drug-likeness (QED) is 0.514. The molecule has 3 aromatic rings. The zero-order valence-electron chi connectivity index (χ0n) is 18.0. The van der Waals surface area contributed by atoms with E-state index in [1.54, 1.807) is 12.1 Å². The number of fused-ring (bicyclic) bond motifs is 1. The van der Waals surface area contributed by atoms with Gasteiger partial charge in [0.25, 0.3) is 0 Å². The summed E-state index contributed by atoms with van der Waals surface area (Å²) < 4.78 is 12.1. The van der Waals surface area contributed by atoms with Crippen LogP contribution in [0.5, 0.6) is 17.2 Å². The van der Waals surface area contributed by atoms with Gasteiger partial charge in [-0.2, -0.15) is 0 Å². The van der Waals surface area contributed by atoms with Crippen LogP contribution in [0, 0.1) is 0 Å². The van der Waals surface area contributed by atoms with Crippen LogP contribution in [-0.2, 0) is 0 Å². The van der Waals surface area contributed by atoms with Gasteiger partial charge in [0.15, 0.2) is 0 Å². The molecule has 0 unspecified atom stereocenters. The number of benzene rings is 3. The molecule has 0 aromatic heterocycles. The first-order valence-electron chi connectivity index (χ1n) is 11.3. The first-order chi connectivity index (χ1) is 15.7. The summed E-state index contributed by atoms with van der Waals surface area (Å²) >= 11 is 6.13. The van der Waals surface area contributed by atoms with Gasteiger partial charge in [0.05, 0.1) is 6.61 Å². The lowest BCUT2D eigenvalue weighted by Gasteiger charge is -2.34. The molecule has 32 heavy (non-hydrogen) atoms. The summed E-state index contributed by atoms with van der Waals surface area (Å²) in [4.78, 5) is 2.46. The van der Waals surface area contributed by atoms with E-state index >= 15 is 0 Å². The van der Waals surface area contributed by atoms with E-state index in [1.165, 1.54) is 37.1 Å². The average Bonchev–Trinajstić information content (AvgIpc) is 3.33. The molecule has 2 atom stereocenters. The van der Waals surface area contributed by atoms with Crippen molar-refractivity contribution in [2.45, 2.75) is 24.7 Å². The number of phenolic OH excluding ortho intramolecular Hbond substituents is 1. The van der Waals surface area contributed by atoms with E-state index in [0.29, 0.717) is 13.2 Å². The molecule has 0 saturated carbocycles. The van der Waals surface area contributed by atoms with E-state index in [4.69, 9.17) is 21.1 Å². The van der Waals surface area contributed by atoms with Crippen molar-refractivity contribution in [3.05, 3.63) is 88.4 Å². The van der Waals surface area contributed by atoms with E-state index in [0.717, 1.165) is 28.6 Å². The third-order valence-electron chi connectivity index (χ3n) is 6.57. The van der Waals surface area contributed by atoms with Crippen molar-refractivity contribution in [1.29, 1.82) is 0 Å². The lowest BCUT2D eigenvalue weighted by Crippen LogP contribution is -2.25. The van der Waals surface area contributed by atoms with Crippen LogP contribution in [0.2, 0.25) is 5.02 Å². The van der Waals surface area contributed by atoms with Gasteiger partial charge in [-0.1, -0.05) is 41.9 Å². The Balaban J connectivity index is 1.39. The number of ether oxygens (including phenoxy) is 2. The first-order valence-corrected chi connectivity index (χ1v) is 11.7. The fraction of sp³-hybridized carbons (Fsp3) is 0.333. The summed E-state index contributed by atoms with van der Waals surface area (Å²) in [5.41, 5.74) is 3.47. The van der Waals surface area contributed by atoms with Gasteiger partial charge in [0.1, 0.15) is 23.9 Å². The highest BCUT2D eigenvalue weighted by Gasteiger charge is 2.33. The highest BCUT2D eigenvalue weighted by atomic mass is 35.5. The molecule has 166 valence electrons. The van der Waals surface area contributed by atoms with Gasteiger partial charge < -0.3 is 14.6 Å². The number of nitrogens with zero attached hydrogens (tertiary/aromatic N) is 1. The zero-order valence-corrected chi connectivity index (χ0v) is 18.8. The van der Waals surface area contributed by atoms with Crippen molar-refractivity contribution in [3.8, 4) is 17.2 Å². The summed E-state index contributed by atoms with van der Waals surface area (Å²) in [5.74, 6) is 2.11. The number of halogens is 1. The molecule has 0 bridgehead atoms. The molecule has 2 heterocycles. The maximum atomic E-state index is 9.94. The Hall–Kier alpha value is -2.69.